The van der Waals surface area contributed by atoms with Crippen LogP contribution in [0.5, 0.6) is 0 Å². The van der Waals surface area contributed by atoms with Crippen molar-refractivity contribution in [2.45, 2.75) is 13.5 Å². The fourth-order valence-electron chi connectivity index (χ4n) is 2.11. The SMILES string of the molecule is Cc1oc(C(=O)NN)cc1Cn1ccnc1-c1cccs1. The van der Waals surface area contributed by atoms with E-state index in [1.807, 2.05) is 35.2 Å². The molecule has 0 spiro atoms. The van der Waals surface area contributed by atoms with Crippen LogP contribution in [0.2, 0.25) is 0 Å². The summed E-state index contributed by atoms with van der Waals surface area (Å²) in [4.78, 5) is 17.0. The molecule has 0 aliphatic rings. The summed E-state index contributed by atoms with van der Waals surface area (Å²) in [5.41, 5.74) is 2.99. The van der Waals surface area contributed by atoms with Crippen molar-refractivity contribution in [3.8, 4) is 10.7 Å². The first-order chi connectivity index (χ1) is 10.2. The van der Waals surface area contributed by atoms with Crippen molar-refractivity contribution in [3.63, 3.8) is 0 Å². The molecular weight excluding hydrogens is 288 g/mol. The average Bonchev–Trinajstić information content (AvgIpc) is 3.19. The van der Waals surface area contributed by atoms with E-state index in [-0.39, 0.29) is 5.76 Å². The highest BCUT2D eigenvalue weighted by Gasteiger charge is 2.15. The Labute approximate surface area is 125 Å². The molecule has 0 aliphatic heterocycles. The van der Waals surface area contributed by atoms with Crippen molar-refractivity contribution < 1.29 is 9.21 Å². The number of nitrogens with two attached hydrogens (primary N) is 1. The maximum Gasteiger partial charge on any atom is 0.300 e. The zero-order valence-electron chi connectivity index (χ0n) is 11.4. The standard InChI is InChI=1S/C14H14N4O2S/c1-9-10(7-11(20-9)14(19)17-15)8-18-5-4-16-13(18)12-3-2-6-21-12/h2-7H,8,15H2,1H3,(H,17,19). The van der Waals surface area contributed by atoms with Crippen LogP contribution in [-0.2, 0) is 6.54 Å². The summed E-state index contributed by atoms with van der Waals surface area (Å²) < 4.78 is 7.45. The van der Waals surface area contributed by atoms with Gasteiger partial charge in [0.2, 0.25) is 0 Å². The van der Waals surface area contributed by atoms with E-state index in [1.54, 1.807) is 23.6 Å². The van der Waals surface area contributed by atoms with Crippen molar-refractivity contribution in [2.24, 2.45) is 5.84 Å². The Balaban J connectivity index is 1.90. The van der Waals surface area contributed by atoms with Crippen LogP contribution in [0.3, 0.4) is 0 Å². The van der Waals surface area contributed by atoms with Gasteiger partial charge in [-0.2, -0.15) is 0 Å². The molecule has 3 rings (SSSR count). The highest BCUT2D eigenvalue weighted by molar-refractivity contribution is 7.13. The van der Waals surface area contributed by atoms with Gasteiger partial charge in [0.25, 0.3) is 0 Å². The molecule has 21 heavy (non-hydrogen) atoms. The zero-order valence-corrected chi connectivity index (χ0v) is 12.2. The lowest BCUT2D eigenvalue weighted by Gasteiger charge is -2.05. The van der Waals surface area contributed by atoms with Crippen molar-refractivity contribution in [2.75, 3.05) is 0 Å². The lowest BCUT2D eigenvalue weighted by Crippen LogP contribution is -2.29. The molecular formula is C14H14N4O2S. The summed E-state index contributed by atoms with van der Waals surface area (Å²) in [6, 6.07) is 5.72. The first-order valence-corrected chi connectivity index (χ1v) is 7.22. The molecule has 108 valence electrons. The van der Waals surface area contributed by atoms with Gasteiger partial charge in [-0.05, 0) is 24.4 Å². The van der Waals surface area contributed by atoms with Crippen LogP contribution in [0.4, 0.5) is 0 Å². The minimum Gasteiger partial charge on any atom is -0.456 e. The highest BCUT2D eigenvalue weighted by Crippen LogP contribution is 2.24. The number of rotatable bonds is 4. The molecule has 3 aromatic rings. The number of aromatic nitrogens is 2. The number of aryl methyl sites for hydroxylation is 1. The van der Waals surface area contributed by atoms with Gasteiger partial charge in [-0.1, -0.05) is 6.07 Å². The number of hydrogen-bond donors (Lipinski definition) is 2. The predicted octanol–water partition coefficient (Wildman–Crippen LogP) is 2.16. The molecule has 0 saturated heterocycles. The number of carbonyl (C=O) groups is 1. The van der Waals surface area contributed by atoms with Gasteiger partial charge in [0.15, 0.2) is 5.76 Å². The van der Waals surface area contributed by atoms with Gasteiger partial charge in [-0.3, -0.25) is 10.2 Å². The zero-order chi connectivity index (χ0) is 14.8. The Morgan fingerprint density at radius 2 is 2.43 bits per heavy atom. The molecule has 0 unspecified atom stereocenters. The Morgan fingerprint density at radius 3 is 3.14 bits per heavy atom. The van der Waals surface area contributed by atoms with Crippen LogP contribution in [0.25, 0.3) is 10.7 Å². The van der Waals surface area contributed by atoms with Crippen LogP contribution in [0.15, 0.2) is 40.4 Å². The molecule has 3 heterocycles. The quantitative estimate of drug-likeness (QED) is 0.439. The van der Waals surface area contributed by atoms with Crippen molar-refractivity contribution >= 4 is 17.2 Å². The molecule has 0 fully saturated rings. The van der Waals surface area contributed by atoms with Gasteiger partial charge in [-0.15, -0.1) is 11.3 Å². The molecule has 6 nitrogen and oxygen atoms in total. The predicted molar refractivity (Wildman–Crippen MR) is 79.7 cm³/mol. The Bertz CT molecular complexity index is 758. The third kappa shape index (κ3) is 2.61. The fourth-order valence-corrected chi connectivity index (χ4v) is 2.85. The van der Waals surface area contributed by atoms with Gasteiger partial charge >= 0.3 is 5.91 Å². The number of amides is 1. The average molecular weight is 302 g/mol. The topological polar surface area (TPSA) is 86.1 Å². The number of nitrogen functional groups attached to an aromatic ring is 1. The minimum absolute atomic E-state index is 0.211. The molecule has 0 radical (unpaired) electrons. The lowest BCUT2D eigenvalue weighted by atomic mass is 10.2. The normalized spacial score (nSPS) is 10.8. The van der Waals surface area contributed by atoms with Crippen molar-refractivity contribution in [1.29, 1.82) is 0 Å². The fraction of sp³-hybridized carbons (Fsp3) is 0.143. The van der Waals surface area contributed by atoms with E-state index >= 15 is 0 Å². The Morgan fingerprint density at radius 1 is 1.57 bits per heavy atom. The number of furan rings is 1. The van der Waals surface area contributed by atoms with Gasteiger partial charge in [-0.25, -0.2) is 10.8 Å². The highest BCUT2D eigenvalue weighted by atomic mass is 32.1. The molecule has 7 heteroatoms. The number of carbonyl (C=O) groups excluding carboxylic acids is 1. The summed E-state index contributed by atoms with van der Waals surface area (Å²) in [6.45, 7) is 2.41. The maximum atomic E-state index is 11.5. The summed E-state index contributed by atoms with van der Waals surface area (Å²) >= 11 is 1.64. The van der Waals surface area contributed by atoms with Gasteiger partial charge in [0.05, 0.1) is 11.4 Å². The largest absolute Gasteiger partial charge is 0.456 e. The van der Waals surface area contributed by atoms with Gasteiger partial charge in [0, 0.05) is 18.0 Å². The first kappa shape index (κ1) is 13.6. The van der Waals surface area contributed by atoms with Crippen LogP contribution in [0.1, 0.15) is 21.9 Å². The number of thiophene rings is 1. The van der Waals surface area contributed by atoms with E-state index in [4.69, 9.17) is 10.3 Å². The Hall–Kier alpha value is -2.38. The number of hydrazine groups is 1. The summed E-state index contributed by atoms with van der Waals surface area (Å²) in [6.07, 6.45) is 3.67. The molecule has 3 N–H and O–H groups in total. The third-order valence-electron chi connectivity index (χ3n) is 3.17. The molecule has 0 bridgehead atoms. The summed E-state index contributed by atoms with van der Waals surface area (Å²) in [7, 11) is 0. The number of hydrogen-bond acceptors (Lipinski definition) is 5. The van der Waals surface area contributed by atoms with Crippen LogP contribution >= 0.6 is 11.3 Å². The maximum absolute atomic E-state index is 11.5. The monoisotopic (exact) mass is 302 g/mol. The summed E-state index contributed by atoms with van der Waals surface area (Å²) in [5.74, 6) is 6.48. The number of nitrogens with zero attached hydrogens (tertiary/aromatic N) is 2. The van der Waals surface area contributed by atoms with E-state index in [0.29, 0.717) is 12.3 Å². The molecule has 1 amide bonds. The number of nitrogens with one attached hydrogen (secondary N) is 1. The van der Waals surface area contributed by atoms with E-state index in [2.05, 4.69) is 10.4 Å². The second-order valence-electron chi connectivity index (χ2n) is 4.52. The van der Waals surface area contributed by atoms with Crippen LogP contribution < -0.4 is 11.3 Å². The summed E-state index contributed by atoms with van der Waals surface area (Å²) in [5, 5.41) is 2.02. The minimum atomic E-state index is -0.437. The van der Waals surface area contributed by atoms with E-state index in [0.717, 1.165) is 16.3 Å². The van der Waals surface area contributed by atoms with Gasteiger partial charge < -0.3 is 8.98 Å². The van der Waals surface area contributed by atoms with E-state index in [9.17, 15) is 4.79 Å². The van der Waals surface area contributed by atoms with Crippen molar-refractivity contribution in [1.82, 2.24) is 15.0 Å². The molecule has 0 atom stereocenters. The molecule has 0 aliphatic carbocycles. The van der Waals surface area contributed by atoms with E-state index in [1.165, 1.54) is 0 Å². The number of imidazole rings is 1. The molecule has 3 aromatic heterocycles. The smallest absolute Gasteiger partial charge is 0.300 e. The van der Waals surface area contributed by atoms with Crippen LogP contribution in [-0.4, -0.2) is 15.5 Å². The van der Waals surface area contributed by atoms with Crippen molar-refractivity contribution in [3.05, 3.63) is 53.1 Å². The second-order valence-corrected chi connectivity index (χ2v) is 5.47. The van der Waals surface area contributed by atoms with E-state index < -0.39 is 5.91 Å². The van der Waals surface area contributed by atoms with Gasteiger partial charge in [0.1, 0.15) is 11.6 Å². The van der Waals surface area contributed by atoms with Crippen LogP contribution in [0, 0.1) is 6.92 Å². The Kier molecular flexibility index (Phi) is 3.59. The third-order valence-corrected chi connectivity index (χ3v) is 4.04. The lowest BCUT2D eigenvalue weighted by molar-refractivity contribution is 0.0924. The molecule has 0 saturated carbocycles. The first-order valence-electron chi connectivity index (χ1n) is 6.34. The second kappa shape index (κ2) is 5.55. The molecule has 0 aromatic carbocycles.